The summed E-state index contributed by atoms with van der Waals surface area (Å²) in [5.74, 6) is -0.314. The molecule has 0 aliphatic carbocycles. The lowest BCUT2D eigenvalue weighted by molar-refractivity contribution is -0.136. The molecule has 1 fully saturated rings. The number of hydrogen-bond donors (Lipinski definition) is 0. The van der Waals surface area contributed by atoms with Crippen molar-refractivity contribution in [2.45, 2.75) is 4.90 Å². The van der Waals surface area contributed by atoms with Crippen LogP contribution in [0.4, 0.5) is 0 Å². The second kappa shape index (κ2) is 5.07. The molecule has 0 aromatic carbocycles. The van der Waals surface area contributed by atoms with Gasteiger partial charge in [0.05, 0.1) is 5.92 Å². The zero-order valence-corrected chi connectivity index (χ0v) is 12.1. The number of hydrogen-bond acceptors (Lipinski definition) is 4. The minimum atomic E-state index is -3.57. The van der Waals surface area contributed by atoms with Crippen molar-refractivity contribution >= 4 is 27.5 Å². The highest BCUT2D eigenvalue weighted by molar-refractivity contribution is 7.89. The molecule has 1 aliphatic rings. The largest absolute Gasteiger partial charge is 0.348 e. The average molecular weight is 304 g/mol. The Balaban J connectivity index is 2.08. The van der Waals surface area contributed by atoms with Crippen LogP contribution in [0.3, 0.4) is 0 Å². The van der Waals surface area contributed by atoms with E-state index in [9.17, 15) is 13.2 Å². The SMILES string of the molecule is CN(C)C(=O)C1CN(S(=O)(=O)c2ccc(Cl)nc2)C1. The lowest BCUT2D eigenvalue weighted by Gasteiger charge is -2.38. The van der Waals surface area contributed by atoms with Crippen LogP contribution in [0.1, 0.15) is 0 Å². The second-order valence-corrected chi connectivity index (χ2v) is 6.89. The van der Waals surface area contributed by atoms with Crippen LogP contribution in [0.15, 0.2) is 23.2 Å². The molecule has 1 amide bonds. The van der Waals surface area contributed by atoms with Gasteiger partial charge in [-0.25, -0.2) is 13.4 Å². The summed E-state index contributed by atoms with van der Waals surface area (Å²) >= 11 is 5.62. The van der Waals surface area contributed by atoms with Crippen molar-refractivity contribution in [2.75, 3.05) is 27.2 Å². The number of carbonyl (C=O) groups excluding carboxylic acids is 1. The highest BCUT2D eigenvalue weighted by Gasteiger charge is 2.41. The molecule has 0 spiro atoms. The number of aromatic nitrogens is 1. The van der Waals surface area contributed by atoms with Crippen molar-refractivity contribution in [2.24, 2.45) is 5.92 Å². The van der Waals surface area contributed by atoms with E-state index in [1.54, 1.807) is 14.1 Å². The van der Waals surface area contributed by atoms with E-state index in [0.717, 1.165) is 0 Å². The maximum absolute atomic E-state index is 12.2. The molecule has 1 aromatic heterocycles. The fourth-order valence-corrected chi connectivity index (χ4v) is 3.41. The molecule has 8 heteroatoms. The topological polar surface area (TPSA) is 70.6 Å². The number of amides is 1. The van der Waals surface area contributed by atoms with E-state index in [1.165, 1.54) is 27.5 Å². The first-order valence-corrected chi connectivity index (χ1v) is 7.47. The summed E-state index contributed by atoms with van der Waals surface area (Å²) in [7, 11) is -0.259. The van der Waals surface area contributed by atoms with Crippen molar-refractivity contribution in [1.82, 2.24) is 14.2 Å². The molecule has 2 rings (SSSR count). The Bertz CT molecular complexity index is 580. The lowest BCUT2D eigenvalue weighted by atomic mass is 10.0. The zero-order valence-electron chi connectivity index (χ0n) is 10.6. The molecule has 2 heterocycles. The standard InChI is InChI=1S/C11H14ClN3O3S/c1-14(2)11(16)8-6-15(7-8)19(17,18)9-3-4-10(12)13-5-9/h3-5,8H,6-7H2,1-2H3. The summed E-state index contributed by atoms with van der Waals surface area (Å²) in [6, 6.07) is 2.84. The Morgan fingerprint density at radius 3 is 2.53 bits per heavy atom. The highest BCUT2D eigenvalue weighted by Crippen LogP contribution is 2.26. The third-order valence-corrected chi connectivity index (χ3v) is 5.01. The summed E-state index contributed by atoms with van der Waals surface area (Å²) < 4.78 is 25.6. The third-order valence-electron chi connectivity index (χ3n) is 2.98. The number of sulfonamides is 1. The van der Waals surface area contributed by atoms with Gasteiger partial charge >= 0.3 is 0 Å². The molecule has 1 saturated heterocycles. The fourth-order valence-electron chi connectivity index (χ4n) is 1.82. The maximum atomic E-state index is 12.2. The Morgan fingerprint density at radius 1 is 1.42 bits per heavy atom. The van der Waals surface area contributed by atoms with Gasteiger partial charge in [-0.1, -0.05) is 11.6 Å². The van der Waals surface area contributed by atoms with Gasteiger partial charge in [0.25, 0.3) is 0 Å². The number of halogens is 1. The van der Waals surface area contributed by atoms with Gasteiger partial charge in [-0.05, 0) is 12.1 Å². The quantitative estimate of drug-likeness (QED) is 0.760. The van der Waals surface area contributed by atoms with E-state index in [2.05, 4.69) is 4.98 Å². The molecule has 0 atom stereocenters. The Morgan fingerprint density at radius 2 is 2.05 bits per heavy atom. The molecule has 1 aromatic rings. The second-order valence-electron chi connectivity index (χ2n) is 4.57. The van der Waals surface area contributed by atoms with Gasteiger partial charge in [-0.2, -0.15) is 4.31 Å². The molecular weight excluding hydrogens is 290 g/mol. The third kappa shape index (κ3) is 2.72. The van der Waals surface area contributed by atoms with E-state index < -0.39 is 10.0 Å². The van der Waals surface area contributed by atoms with Crippen molar-refractivity contribution in [1.29, 1.82) is 0 Å². The van der Waals surface area contributed by atoms with Crippen LogP contribution >= 0.6 is 11.6 Å². The first kappa shape index (κ1) is 14.2. The number of nitrogens with zero attached hydrogens (tertiary/aromatic N) is 3. The van der Waals surface area contributed by atoms with Crippen LogP contribution in [0.25, 0.3) is 0 Å². The number of pyridine rings is 1. The van der Waals surface area contributed by atoms with Gasteiger partial charge in [-0.3, -0.25) is 4.79 Å². The van der Waals surface area contributed by atoms with E-state index in [1.807, 2.05) is 0 Å². The smallest absolute Gasteiger partial charge is 0.244 e. The Labute approximate surface area is 117 Å². The molecular formula is C11H14ClN3O3S. The molecule has 6 nitrogen and oxygen atoms in total. The summed E-state index contributed by atoms with van der Waals surface area (Å²) in [6.07, 6.45) is 1.22. The molecule has 1 aliphatic heterocycles. The minimum absolute atomic E-state index is 0.0549. The summed E-state index contributed by atoms with van der Waals surface area (Å²) in [4.78, 5) is 17.0. The van der Waals surface area contributed by atoms with Gasteiger partial charge in [0, 0.05) is 33.4 Å². The molecule has 19 heavy (non-hydrogen) atoms. The minimum Gasteiger partial charge on any atom is -0.348 e. The van der Waals surface area contributed by atoms with Crippen molar-refractivity contribution in [3.63, 3.8) is 0 Å². The Hall–Kier alpha value is -1.18. The zero-order chi connectivity index (χ0) is 14.2. The summed E-state index contributed by atoms with van der Waals surface area (Å²) in [5, 5.41) is 0.239. The molecule has 0 bridgehead atoms. The van der Waals surface area contributed by atoms with Crippen molar-refractivity contribution in [3.8, 4) is 0 Å². The predicted molar refractivity (Wildman–Crippen MR) is 70.2 cm³/mol. The van der Waals surface area contributed by atoms with Gasteiger partial charge in [-0.15, -0.1) is 0 Å². The van der Waals surface area contributed by atoms with E-state index in [-0.39, 0.29) is 35.0 Å². The molecule has 0 N–H and O–H groups in total. The summed E-state index contributed by atoms with van der Waals surface area (Å²) in [5.41, 5.74) is 0. The van der Waals surface area contributed by atoms with E-state index in [0.29, 0.717) is 0 Å². The fraction of sp³-hybridized carbons (Fsp3) is 0.455. The van der Waals surface area contributed by atoms with Gasteiger partial charge in [0.2, 0.25) is 15.9 Å². The molecule has 0 radical (unpaired) electrons. The van der Waals surface area contributed by atoms with Gasteiger partial charge in [0.1, 0.15) is 10.0 Å². The number of carbonyl (C=O) groups is 1. The van der Waals surface area contributed by atoms with Crippen LogP contribution in [0, 0.1) is 5.92 Å². The monoisotopic (exact) mass is 303 g/mol. The van der Waals surface area contributed by atoms with Gasteiger partial charge in [0.15, 0.2) is 0 Å². The van der Waals surface area contributed by atoms with E-state index in [4.69, 9.17) is 11.6 Å². The van der Waals surface area contributed by atoms with Crippen LogP contribution in [0.5, 0.6) is 0 Å². The lowest BCUT2D eigenvalue weighted by Crippen LogP contribution is -2.55. The molecule has 0 unspecified atom stereocenters. The predicted octanol–water partition coefficient (Wildman–Crippen LogP) is 0.444. The average Bonchev–Trinajstić information content (AvgIpc) is 2.26. The van der Waals surface area contributed by atoms with Crippen LogP contribution in [-0.2, 0) is 14.8 Å². The first-order chi connectivity index (χ1) is 8.82. The van der Waals surface area contributed by atoms with Crippen LogP contribution in [-0.4, -0.2) is 55.7 Å². The van der Waals surface area contributed by atoms with Crippen molar-refractivity contribution in [3.05, 3.63) is 23.5 Å². The van der Waals surface area contributed by atoms with Crippen LogP contribution < -0.4 is 0 Å². The summed E-state index contributed by atoms with van der Waals surface area (Å²) in [6.45, 7) is 0.421. The first-order valence-electron chi connectivity index (χ1n) is 5.65. The highest BCUT2D eigenvalue weighted by atomic mass is 35.5. The van der Waals surface area contributed by atoms with E-state index >= 15 is 0 Å². The van der Waals surface area contributed by atoms with Gasteiger partial charge < -0.3 is 4.90 Å². The maximum Gasteiger partial charge on any atom is 0.244 e. The Kier molecular flexibility index (Phi) is 3.80. The van der Waals surface area contributed by atoms with Crippen molar-refractivity contribution < 1.29 is 13.2 Å². The van der Waals surface area contributed by atoms with Crippen LogP contribution in [0.2, 0.25) is 5.15 Å². The molecule has 0 saturated carbocycles. The molecule has 104 valence electrons. The number of rotatable bonds is 3. The normalized spacial score (nSPS) is 17.0.